The largest absolute Gasteiger partial charge is 0.493 e. The van der Waals surface area contributed by atoms with Crippen molar-refractivity contribution in [2.24, 2.45) is 0 Å². The van der Waals surface area contributed by atoms with E-state index in [0.717, 1.165) is 0 Å². The highest BCUT2D eigenvalue weighted by molar-refractivity contribution is 5.97. The zero-order chi connectivity index (χ0) is 20.3. The standard InChI is InChI=1S/C19H17N5O4/c1-26-15-5-4-10(6-16(15)27-2)14-7-11(12(8-20)18(21)23-14)13-9-22-24-17(13)19(25)28-3/h4-7,9H,1-3H3,(H2,21,23)(H,22,24). The second-order valence-electron chi connectivity index (χ2n) is 5.65. The smallest absolute Gasteiger partial charge is 0.356 e. The molecule has 142 valence electrons. The summed E-state index contributed by atoms with van der Waals surface area (Å²) in [6, 6.07) is 8.96. The van der Waals surface area contributed by atoms with Crippen LogP contribution in [-0.4, -0.2) is 42.5 Å². The van der Waals surface area contributed by atoms with E-state index >= 15 is 0 Å². The molecule has 9 heteroatoms. The second kappa shape index (κ2) is 7.67. The predicted octanol–water partition coefficient (Wildman–Crippen LogP) is 2.40. The van der Waals surface area contributed by atoms with Crippen LogP contribution in [0.5, 0.6) is 11.5 Å². The van der Waals surface area contributed by atoms with Crippen LogP contribution in [0.15, 0.2) is 30.5 Å². The van der Waals surface area contributed by atoms with Crippen molar-refractivity contribution in [3.63, 3.8) is 0 Å². The van der Waals surface area contributed by atoms with Crippen LogP contribution < -0.4 is 15.2 Å². The van der Waals surface area contributed by atoms with Gasteiger partial charge in [-0.3, -0.25) is 5.10 Å². The number of nitrogens with two attached hydrogens (primary N) is 1. The summed E-state index contributed by atoms with van der Waals surface area (Å²) in [7, 11) is 4.33. The Morgan fingerprint density at radius 3 is 2.54 bits per heavy atom. The van der Waals surface area contributed by atoms with E-state index < -0.39 is 5.97 Å². The number of nitrogen functional groups attached to an aromatic ring is 1. The summed E-state index contributed by atoms with van der Waals surface area (Å²) >= 11 is 0. The number of pyridine rings is 1. The van der Waals surface area contributed by atoms with Gasteiger partial charge in [0.05, 0.1) is 33.2 Å². The van der Waals surface area contributed by atoms with Gasteiger partial charge in [-0.2, -0.15) is 10.4 Å². The van der Waals surface area contributed by atoms with Crippen molar-refractivity contribution in [1.82, 2.24) is 15.2 Å². The Morgan fingerprint density at radius 1 is 1.14 bits per heavy atom. The van der Waals surface area contributed by atoms with Crippen molar-refractivity contribution < 1.29 is 19.0 Å². The molecule has 0 spiro atoms. The quantitative estimate of drug-likeness (QED) is 0.645. The van der Waals surface area contributed by atoms with E-state index in [1.54, 1.807) is 31.4 Å². The van der Waals surface area contributed by atoms with Gasteiger partial charge in [0.2, 0.25) is 0 Å². The minimum Gasteiger partial charge on any atom is -0.493 e. The number of carbonyl (C=O) groups is 1. The summed E-state index contributed by atoms with van der Waals surface area (Å²) in [6.45, 7) is 0. The van der Waals surface area contributed by atoms with Crippen LogP contribution in [0.1, 0.15) is 16.1 Å². The maximum Gasteiger partial charge on any atom is 0.356 e. The molecule has 3 N–H and O–H groups in total. The summed E-state index contributed by atoms with van der Waals surface area (Å²) in [5.41, 5.74) is 8.26. The summed E-state index contributed by atoms with van der Waals surface area (Å²) < 4.78 is 15.3. The number of nitrogens with one attached hydrogen (secondary N) is 1. The first kappa shape index (κ1) is 18.7. The molecule has 2 heterocycles. The predicted molar refractivity (Wildman–Crippen MR) is 101 cm³/mol. The average molecular weight is 379 g/mol. The van der Waals surface area contributed by atoms with Gasteiger partial charge in [0, 0.05) is 16.7 Å². The van der Waals surface area contributed by atoms with E-state index in [2.05, 4.69) is 15.2 Å². The molecule has 0 aliphatic heterocycles. The summed E-state index contributed by atoms with van der Waals surface area (Å²) in [4.78, 5) is 16.3. The molecule has 0 amide bonds. The van der Waals surface area contributed by atoms with E-state index in [1.807, 2.05) is 6.07 Å². The lowest BCUT2D eigenvalue weighted by molar-refractivity contribution is 0.0595. The van der Waals surface area contributed by atoms with Gasteiger partial charge in [-0.25, -0.2) is 9.78 Å². The molecule has 0 aliphatic carbocycles. The lowest BCUT2D eigenvalue weighted by atomic mass is 9.98. The van der Waals surface area contributed by atoms with Crippen molar-refractivity contribution in [2.75, 3.05) is 27.1 Å². The van der Waals surface area contributed by atoms with Gasteiger partial charge in [-0.1, -0.05) is 0 Å². The zero-order valence-corrected chi connectivity index (χ0v) is 15.4. The molecule has 0 fully saturated rings. The number of hydrogen-bond donors (Lipinski definition) is 2. The van der Waals surface area contributed by atoms with Crippen LogP contribution in [0.2, 0.25) is 0 Å². The number of anilines is 1. The molecule has 2 aromatic heterocycles. The minimum atomic E-state index is -0.612. The Labute approximate surface area is 160 Å². The normalized spacial score (nSPS) is 10.2. The number of nitrogens with zero attached hydrogens (tertiary/aromatic N) is 3. The molecule has 0 saturated heterocycles. The third kappa shape index (κ3) is 3.19. The van der Waals surface area contributed by atoms with Gasteiger partial charge < -0.3 is 19.9 Å². The molecule has 3 aromatic rings. The fourth-order valence-electron chi connectivity index (χ4n) is 2.79. The number of carbonyl (C=O) groups excluding carboxylic acids is 1. The third-order valence-corrected chi connectivity index (χ3v) is 4.16. The molecule has 0 bridgehead atoms. The first-order valence-electron chi connectivity index (χ1n) is 8.09. The zero-order valence-electron chi connectivity index (χ0n) is 15.4. The van der Waals surface area contributed by atoms with Crippen molar-refractivity contribution >= 4 is 11.8 Å². The summed E-state index contributed by atoms with van der Waals surface area (Å²) in [5.74, 6) is 0.502. The molecule has 0 atom stereocenters. The maximum absolute atomic E-state index is 12.0. The molecule has 0 unspecified atom stereocenters. The third-order valence-electron chi connectivity index (χ3n) is 4.16. The second-order valence-corrected chi connectivity index (χ2v) is 5.65. The van der Waals surface area contributed by atoms with Crippen LogP contribution in [0.3, 0.4) is 0 Å². The number of hydrogen-bond acceptors (Lipinski definition) is 8. The number of ether oxygens (including phenoxy) is 3. The van der Waals surface area contributed by atoms with E-state index in [9.17, 15) is 10.1 Å². The number of methoxy groups -OCH3 is 3. The van der Waals surface area contributed by atoms with Crippen LogP contribution in [0.25, 0.3) is 22.4 Å². The Morgan fingerprint density at radius 2 is 1.89 bits per heavy atom. The van der Waals surface area contributed by atoms with E-state index in [4.69, 9.17) is 19.9 Å². The topological polar surface area (TPSA) is 136 Å². The van der Waals surface area contributed by atoms with Gasteiger partial charge >= 0.3 is 5.97 Å². The number of rotatable bonds is 5. The lowest BCUT2D eigenvalue weighted by Gasteiger charge is -2.12. The molecule has 0 radical (unpaired) electrons. The maximum atomic E-state index is 12.0. The Hall–Kier alpha value is -4.06. The van der Waals surface area contributed by atoms with Crippen LogP contribution >= 0.6 is 0 Å². The van der Waals surface area contributed by atoms with Crippen molar-refractivity contribution in [3.05, 3.63) is 41.7 Å². The molecule has 3 rings (SSSR count). The molecule has 0 saturated carbocycles. The first-order valence-corrected chi connectivity index (χ1v) is 8.09. The molecule has 9 nitrogen and oxygen atoms in total. The highest BCUT2D eigenvalue weighted by atomic mass is 16.5. The fraction of sp³-hybridized carbons (Fsp3) is 0.158. The van der Waals surface area contributed by atoms with Gasteiger partial charge in [0.25, 0.3) is 0 Å². The number of benzene rings is 1. The number of nitriles is 1. The molecular formula is C19H17N5O4. The molecule has 0 aliphatic rings. The number of aromatic nitrogens is 3. The first-order chi connectivity index (χ1) is 13.5. The van der Waals surface area contributed by atoms with Gasteiger partial charge in [0.15, 0.2) is 17.2 Å². The Balaban J connectivity index is 2.22. The van der Waals surface area contributed by atoms with Gasteiger partial charge in [-0.15, -0.1) is 0 Å². The Kier molecular flexibility index (Phi) is 5.13. The van der Waals surface area contributed by atoms with Crippen LogP contribution in [0, 0.1) is 11.3 Å². The minimum absolute atomic E-state index is 0.0294. The molecule has 28 heavy (non-hydrogen) atoms. The fourth-order valence-corrected chi connectivity index (χ4v) is 2.79. The van der Waals surface area contributed by atoms with Crippen molar-refractivity contribution in [1.29, 1.82) is 5.26 Å². The lowest BCUT2D eigenvalue weighted by Crippen LogP contribution is -2.05. The number of esters is 1. The van der Waals surface area contributed by atoms with Crippen LogP contribution in [-0.2, 0) is 4.74 Å². The highest BCUT2D eigenvalue weighted by Gasteiger charge is 2.21. The van der Waals surface area contributed by atoms with E-state index in [-0.39, 0.29) is 17.1 Å². The van der Waals surface area contributed by atoms with E-state index in [0.29, 0.717) is 33.9 Å². The highest BCUT2D eigenvalue weighted by Crippen LogP contribution is 2.36. The monoisotopic (exact) mass is 379 g/mol. The van der Waals surface area contributed by atoms with Crippen molar-refractivity contribution in [2.45, 2.75) is 0 Å². The average Bonchev–Trinajstić information content (AvgIpc) is 3.21. The van der Waals surface area contributed by atoms with E-state index in [1.165, 1.54) is 20.4 Å². The SMILES string of the molecule is COC(=O)c1[nH]ncc1-c1cc(-c2ccc(OC)c(OC)c2)nc(N)c1C#N. The molecular weight excluding hydrogens is 362 g/mol. The summed E-state index contributed by atoms with van der Waals surface area (Å²) in [5, 5.41) is 16.0. The van der Waals surface area contributed by atoms with Gasteiger partial charge in [0.1, 0.15) is 17.5 Å². The summed E-state index contributed by atoms with van der Waals surface area (Å²) in [6.07, 6.45) is 1.43. The van der Waals surface area contributed by atoms with Gasteiger partial charge in [-0.05, 0) is 24.3 Å². The number of H-pyrrole nitrogens is 1. The Bertz CT molecular complexity index is 1080. The van der Waals surface area contributed by atoms with Crippen molar-refractivity contribution in [3.8, 4) is 40.0 Å². The number of aromatic amines is 1. The van der Waals surface area contributed by atoms with Crippen LogP contribution in [0.4, 0.5) is 5.82 Å². The molecule has 1 aromatic carbocycles.